The third-order valence-corrected chi connectivity index (χ3v) is 3.09. The topological polar surface area (TPSA) is 61.0 Å². The normalized spacial score (nSPS) is 14.4. The zero-order chi connectivity index (χ0) is 13.4. The van der Waals surface area contributed by atoms with E-state index in [9.17, 15) is 4.39 Å². The molecule has 1 aromatic carbocycles. The van der Waals surface area contributed by atoms with E-state index >= 15 is 0 Å². The van der Waals surface area contributed by atoms with Crippen LogP contribution >= 0.6 is 11.6 Å². The predicted molar refractivity (Wildman–Crippen MR) is 69.9 cm³/mol. The molecule has 1 aromatic heterocycles. The van der Waals surface area contributed by atoms with E-state index in [4.69, 9.17) is 22.1 Å². The van der Waals surface area contributed by atoms with Crippen LogP contribution in [0.1, 0.15) is 24.6 Å². The van der Waals surface area contributed by atoms with Crippen LogP contribution in [0.4, 0.5) is 10.2 Å². The number of anilines is 1. The molecule has 3 rings (SSSR count). The molecule has 6 heteroatoms. The maximum atomic E-state index is 12.9. The van der Waals surface area contributed by atoms with E-state index in [1.165, 1.54) is 24.3 Å². The van der Waals surface area contributed by atoms with Gasteiger partial charge in [-0.05, 0) is 31.0 Å². The Labute approximate surface area is 114 Å². The van der Waals surface area contributed by atoms with Gasteiger partial charge in [-0.15, -0.1) is 0 Å². The summed E-state index contributed by atoms with van der Waals surface area (Å²) in [7, 11) is 0. The molecule has 0 amide bonds. The van der Waals surface area contributed by atoms with Gasteiger partial charge in [-0.1, -0.05) is 11.6 Å². The van der Waals surface area contributed by atoms with Crippen molar-refractivity contribution < 1.29 is 9.13 Å². The predicted octanol–water partition coefficient (Wildman–Crippen LogP) is 3.52. The number of nitrogens with two attached hydrogens (primary N) is 1. The van der Waals surface area contributed by atoms with Gasteiger partial charge < -0.3 is 10.5 Å². The van der Waals surface area contributed by atoms with Crippen LogP contribution in [-0.4, -0.2) is 9.97 Å². The molecule has 0 radical (unpaired) electrons. The van der Waals surface area contributed by atoms with Crippen LogP contribution in [0.5, 0.6) is 11.6 Å². The zero-order valence-corrected chi connectivity index (χ0v) is 10.7. The molecule has 0 spiro atoms. The van der Waals surface area contributed by atoms with Crippen LogP contribution in [0.15, 0.2) is 24.3 Å². The van der Waals surface area contributed by atoms with Crippen molar-refractivity contribution in [3.05, 3.63) is 40.9 Å². The second-order valence-electron chi connectivity index (χ2n) is 4.44. The first-order chi connectivity index (χ1) is 9.11. The molecule has 0 bridgehead atoms. The summed E-state index contributed by atoms with van der Waals surface area (Å²) in [4.78, 5) is 8.46. The molecule has 2 N–H and O–H groups in total. The molecule has 4 nitrogen and oxygen atoms in total. The molecular weight excluding hydrogens is 269 g/mol. The third kappa shape index (κ3) is 2.76. The van der Waals surface area contributed by atoms with Crippen LogP contribution in [0.25, 0.3) is 0 Å². The van der Waals surface area contributed by atoms with Crippen LogP contribution in [0, 0.1) is 5.82 Å². The van der Waals surface area contributed by atoms with Gasteiger partial charge in [0.1, 0.15) is 23.2 Å². The SMILES string of the molecule is Nc1cc(Oc2ccc(F)cc2Cl)nc(C2CC2)n1. The van der Waals surface area contributed by atoms with Crippen molar-refractivity contribution in [2.45, 2.75) is 18.8 Å². The fourth-order valence-electron chi connectivity index (χ4n) is 1.71. The minimum absolute atomic E-state index is 0.185. The standard InChI is InChI=1S/C13H11ClFN3O/c14-9-5-8(15)3-4-10(9)19-12-6-11(16)17-13(18-12)7-1-2-7/h3-7H,1-2H2,(H2,16,17,18). The monoisotopic (exact) mass is 279 g/mol. The van der Waals surface area contributed by atoms with Gasteiger partial charge in [0.25, 0.3) is 0 Å². The highest BCUT2D eigenvalue weighted by molar-refractivity contribution is 6.32. The van der Waals surface area contributed by atoms with Crippen LogP contribution in [-0.2, 0) is 0 Å². The number of nitrogens with zero attached hydrogens (tertiary/aromatic N) is 2. The number of rotatable bonds is 3. The number of ether oxygens (including phenoxy) is 1. The first-order valence-electron chi connectivity index (χ1n) is 5.89. The zero-order valence-electron chi connectivity index (χ0n) is 9.94. The Balaban J connectivity index is 1.89. The highest BCUT2D eigenvalue weighted by Crippen LogP contribution is 2.39. The maximum Gasteiger partial charge on any atom is 0.224 e. The number of nitrogen functional groups attached to an aromatic ring is 1. The Morgan fingerprint density at radius 3 is 2.74 bits per heavy atom. The van der Waals surface area contributed by atoms with E-state index in [1.807, 2.05) is 0 Å². The highest BCUT2D eigenvalue weighted by Gasteiger charge is 2.27. The Bertz CT molecular complexity index is 631. The van der Waals surface area contributed by atoms with E-state index in [-0.39, 0.29) is 5.02 Å². The molecule has 1 aliphatic carbocycles. The van der Waals surface area contributed by atoms with Gasteiger partial charge in [0.2, 0.25) is 5.88 Å². The van der Waals surface area contributed by atoms with Gasteiger partial charge in [-0.3, -0.25) is 0 Å². The quantitative estimate of drug-likeness (QED) is 0.934. The lowest BCUT2D eigenvalue weighted by Crippen LogP contribution is -2.00. The molecule has 0 atom stereocenters. The van der Waals surface area contributed by atoms with Crippen LogP contribution in [0.3, 0.4) is 0 Å². The summed E-state index contributed by atoms with van der Waals surface area (Å²) in [6.45, 7) is 0. The molecule has 1 heterocycles. The molecule has 0 saturated heterocycles. The van der Waals surface area contributed by atoms with E-state index in [0.29, 0.717) is 29.2 Å². The summed E-state index contributed by atoms with van der Waals surface area (Å²) in [5, 5.41) is 0.185. The summed E-state index contributed by atoms with van der Waals surface area (Å²) < 4.78 is 18.5. The summed E-state index contributed by atoms with van der Waals surface area (Å²) in [6.07, 6.45) is 2.14. The number of hydrogen-bond acceptors (Lipinski definition) is 4. The molecule has 1 aliphatic rings. The first kappa shape index (κ1) is 12.2. The number of aromatic nitrogens is 2. The maximum absolute atomic E-state index is 12.9. The Hall–Kier alpha value is -1.88. The second-order valence-corrected chi connectivity index (χ2v) is 4.85. The van der Waals surface area contributed by atoms with Gasteiger partial charge >= 0.3 is 0 Å². The summed E-state index contributed by atoms with van der Waals surface area (Å²) in [6, 6.07) is 5.43. The summed E-state index contributed by atoms with van der Waals surface area (Å²) in [5.41, 5.74) is 5.72. The smallest absolute Gasteiger partial charge is 0.224 e. The Kier molecular flexibility index (Phi) is 2.98. The summed E-state index contributed by atoms with van der Waals surface area (Å²) >= 11 is 5.89. The van der Waals surface area contributed by atoms with Crippen molar-refractivity contribution in [3.8, 4) is 11.6 Å². The molecule has 2 aromatic rings. The van der Waals surface area contributed by atoms with Crippen molar-refractivity contribution in [2.75, 3.05) is 5.73 Å². The number of hydrogen-bond donors (Lipinski definition) is 1. The van der Waals surface area contributed by atoms with Gasteiger partial charge in [0, 0.05) is 12.0 Å². The fourth-order valence-corrected chi connectivity index (χ4v) is 1.91. The molecule has 98 valence electrons. The van der Waals surface area contributed by atoms with Gasteiger partial charge in [0.15, 0.2) is 0 Å². The van der Waals surface area contributed by atoms with Gasteiger partial charge in [-0.25, -0.2) is 9.37 Å². The fraction of sp³-hybridized carbons (Fsp3) is 0.231. The van der Waals surface area contributed by atoms with E-state index < -0.39 is 5.82 Å². The van der Waals surface area contributed by atoms with Crippen LogP contribution in [0.2, 0.25) is 5.02 Å². The molecule has 0 aliphatic heterocycles. The summed E-state index contributed by atoms with van der Waals surface area (Å²) in [5.74, 6) is 1.65. The molecule has 1 fully saturated rings. The molecular formula is C13H11ClFN3O. The first-order valence-corrected chi connectivity index (χ1v) is 6.27. The Morgan fingerprint density at radius 1 is 1.26 bits per heavy atom. The van der Waals surface area contributed by atoms with Crippen molar-refractivity contribution in [1.82, 2.24) is 9.97 Å². The molecule has 1 saturated carbocycles. The van der Waals surface area contributed by atoms with Gasteiger partial charge in [-0.2, -0.15) is 4.98 Å². The lowest BCUT2D eigenvalue weighted by Gasteiger charge is -2.08. The van der Waals surface area contributed by atoms with Crippen LogP contribution < -0.4 is 10.5 Å². The average Bonchev–Trinajstić information content (AvgIpc) is 3.16. The van der Waals surface area contributed by atoms with Crippen molar-refractivity contribution >= 4 is 17.4 Å². The molecule has 19 heavy (non-hydrogen) atoms. The van der Waals surface area contributed by atoms with Gasteiger partial charge in [0.05, 0.1) is 5.02 Å². The molecule has 0 unspecified atom stereocenters. The van der Waals surface area contributed by atoms with Crippen molar-refractivity contribution in [3.63, 3.8) is 0 Å². The lowest BCUT2D eigenvalue weighted by molar-refractivity contribution is 0.457. The Morgan fingerprint density at radius 2 is 2.05 bits per heavy atom. The van der Waals surface area contributed by atoms with E-state index in [2.05, 4.69) is 9.97 Å². The average molecular weight is 280 g/mol. The van der Waals surface area contributed by atoms with E-state index in [0.717, 1.165) is 12.8 Å². The van der Waals surface area contributed by atoms with Crippen molar-refractivity contribution in [2.24, 2.45) is 0 Å². The minimum Gasteiger partial charge on any atom is -0.437 e. The second kappa shape index (κ2) is 4.66. The highest BCUT2D eigenvalue weighted by atomic mass is 35.5. The van der Waals surface area contributed by atoms with E-state index in [1.54, 1.807) is 0 Å². The number of halogens is 2. The third-order valence-electron chi connectivity index (χ3n) is 2.79. The lowest BCUT2D eigenvalue weighted by atomic mass is 10.3. The number of benzene rings is 1. The van der Waals surface area contributed by atoms with Crippen molar-refractivity contribution in [1.29, 1.82) is 0 Å². The minimum atomic E-state index is -0.418. The largest absolute Gasteiger partial charge is 0.437 e.